The summed E-state index contributed by atoms with van der Waals surface area (Å²) in [6.45, 7) is 12.9. The topological polar surface area (TPSA) is 3.24 Å². The predicted molar refractivity (Wildman–Crippen MR) is 139 cm³/mol. The Morgan fingerprint density at radius 2 is 1.50 bits per heavy atom. The molecule has 0 unspecified atom stereocenters. The van der Waals surface area contributed by atoms with E-state index in [1.54, 1.807) is 5.56 Å². The van der Waals surface area contributed by atoms with Crippen LogP contribution >= 0.6 is 0 Å². The smallest absolute Gasteiger partial charge is 0.0349 e. The lowest BCUT2D eigenvalue weighted by atomic mass is 9.76. The monoisotopic (exact) mass is 429 g/mol. The van der Waals surface area contributed by atoms with Crippen LogP contribution in [-0.2, 0) is 6.54 Å². The summed E-state index contributed by atoms with van der Waals surface area (Å²) in [6.07, 6.45) is 12.0. The van der Waals surface area contributed by atoms with Gasteiger partial charge in [0.1, 0.15) is 0 Å². The van der Waals surface area contributed by atoms with Gasteiger partial charge in [-0.05, 0) is 93.9 Å². The van der Waals surface area contributed by atoms with Gasteiger partial charge in [0.25, 0.3) is 0 Å². The van der Waals surface area contributed by atoms with Crippen molar-refractivity contribution >= 4 is 5.57 Å². The summed E-state index contributed by atoms with van der Waals surface area (Å²) in [5.74, 6) is 1.75. The SMILES string of the molecule is CCCC1CCC(c2ccc(C3=CC(C)(C)N(Cc4ccccc4)C(C)(C)C3)cc2)CC1. The quantitative estimate of drug-likeness (QED) is 0.444. The molecule has 0 N–H and O–H groups in total. The van der Waals surface area contributed by atoms with E-state index in [-0.39, 0.29) is 11.1 Å². The van der Waals surface area contributed by atoms with Gasteiger partial charge in [-0.2, -0.15) is 0 Å². The maximum atomic E-state index is 2.67. The van der Waals surface area contributed by atoms with E-state index in [4.69, 9.17) is 0 Å². The molecule has 1 nitrogen and oxygen atoms in total. The lowest BCUT2D eigenvalue weighted by Gasteiger charge is -2.52. The molecule has 0 radical (unpaired) electrons. The standard InChI is InChI=1S/C31H43N/c1-6-10-24-13-15-26(16-14-24)27-17-19-28(20-18-27)29-21-30(2,3)32(31(4,5)22-29)23-25-11-8-7-9-12-25/h7-9,11-12,17-21,24,26H,6,10,13-16,22-23H2,1-5H3. The minimum absolute atomic E-state index is 0.0171. The van der Waals surface area contributed by atoms with Gasteiger partial charge in [-0.15, -0.1) is 0 Å². The maximum Gasteiger partial charge on any atom is 0.0349 e. The molecule has 2 aromatic rings. The molecule has 32 heavy (non-hydrogen) atoms. The van der Waals surface area contributed by atoms with E-state index in [0.717, 1.165) is 24.8 Å². The Labute approximate surface area is 196 Å². The molecule has 0 atom stereocenters. The zero-order chi connectivity index (χ0) is 22.8. The van der Waals surface area contributed by atoms with Crippen LogP contribution < -0.4 is 0 Å². The van der Waals surface area contributed by atoms with Crippen molar-refractivity contribution in [2.75, 3.05) is 0 Å². The summed E-state index contributed by atoms with van der Waals surface area (Å²) < 4.78 is 0. The molecule has 0 spiro atoms. The van der Waals surface area contributed by atoms with Crippen LogP contribution in [-0.4, -0.2) is 16.0 Å². The van der Waals surface area contributed by atoms with Crippen molar-refractivity contribution in [1.82, 2.24) is 4.90 Å². The lowest BCUT2D eigenvalue weighted by Crippen LogP contribution is -2.56. The van der Waals surface area contributed by atoms with Gasteiger partial charge in [0, 0.05) is 17.6 Å². The van der Waals surface area contributed by atoms with E-state index >= 15 is 0 Å². The first-order valence-corrected chi connectivity index (χ1v) is 12.9. The van der Waals surface area contributed by atoms with Crippen molar-refractivity contribution in [3.8, 4) is 0 Å². The van der Waals surface area contributed by atoms with Gasteiger partial charge >= 0.3 is 0 Å². The minimum atomic E-state index is 0.0171. The zero-order valence-electron chi connectivity index (χ0n) is 21.0. The summed E-state index contributed by atoms with van der Waals surface area (Å²) in [4.78, 5) is 2.67. The minimum Gasteiger partial charge on any atom is -0.285 e. The fourth-order valence-electron chi connectivity index (χ4n) is 6.43. The first-order valence-electron chi connectivity index (χ1n) is 12.9. The summed E-state index contributed by atoms with van der Waals surface area (Å²) in [6, 6.07) is 20.6. The number of hydrogen-bond acceptors (Lipinski definition) is 1. The van der Waals surface area contributed by atoms with Crippen LogP contribution in [0.1, 0.15) is 102 Å². The Balaban J connectivity index is 1.49. The maximum absolute atomic E-state index is 2.67. The van der Waals surface area contributed by atoms with E-state index in [9.17, 15) is 0 Å². The molecule has 1 aliphatic carbocycles. The van der Waals surface area contributed by atoms with E-state index in [1.165, 1.54) is 55.2 Å². The van der Waals surface area contributed by atoms with Gasteiger partial charge in [-0.3, -0.25) is 4.90 Å². The first-order chi connectivity index (χ1) is 15.3. The first kappa shape index (κ1) is 23.3. The van der Waals surface area contributed by atoms with Gasteiger partial charge in [-0.25, -0.2) is 0 Å². The van der Waals surface area contributed by atoms with Crippen LogP contribution in [0.5, 0.6) is 0 Å². The molecule has 1 aliphatic heterocycles. The Morgan fingerprint density at radius 3 is 2.09 bits per heavy atom. The summed E-state index contributed by atoms with van der Waals surface area (Å²) in [5, 5.41) is 0. The molecule has 1 fully saturated rings. The molecule has 0 amide bonds. The highest BCUT2D eigenvalue weighted by atomic mass is 15.2. The second-order valence-electron chi connectivity index (χ2n) is 11.5. The third-order valence-corrected chi connectivity index (χ3v) is 8.06. The number of rotatable bonds is 6. The van der Waals surface area contributed by atoms with Crippen molar-refractivity contribution in [3.05, 3.63) is 77.4 Å². The molecule has 172 valence electrons. The Bertz CT molecular complexity index is 895. The largest absolute Gasteiger partial charge is 0.285 e. The average molecular weight is 430 g/mol. The van der Waals surface area contributed by atoms with Crippen LogP contribution in [0.3, 0.4) is 0 Å². The number of nitrogens with zero attached hydrogens (tertiary/aromatic N) is 1. The second kappa shape index (κ2) is 9.56. The molecule has 1 heterocycles. The fourth-order valence-corrected chi connectivity index (χ4v) is 6.43. The van der Waals surface area contributed by atoms with E-state index in [1.807, 2.05) is 0 Å². The molecule has 1 saturated carbocycles. The average Bonchev–Trinajstić information content (AvgIpc) is 2.77. The molecular weight excluding hydrogens is 386 g/mol. The number of hydrogen-bond donors (Lipinski definition) is 0. The third kappa shape index (κ3) is 5.20. The van der Waals surface area contributed by atoms with E-state index < -0.39 is 0 Å². The number of benzene rings is 2. The van der Waals surface area contributed by atoms with E-state index in [0.29, 0.717) is 0 Å². The molecule has 1 heteroatoms. The van der Waals surface area contributed by atoms with E-state index in [2.05, 4.69) is 100 Å². The highest BCUT2D eigenvalue weighted by Crippen LogP contribution is 2.43. The van der Waals surface area contributed by atoms with Gasteiger partial charge in [-0.1, -0.05) is 80.4 Å². The lowest BCUT2D eigenvalue weighted by molar-refractivity contribution is 0.0300. The van der Waals surface area contributed by atoms with Crippen LogP contribution in [0.25, 0.3) is 5.57 Å². The van der Waals surface area contributed by atoms with Crippen LogP contribution in [0, 0.1) is 5.92 Å². The van der Waals surface area contributed by atoms with Crippen molar-refractivity contribution in [2.45, 2.75) is 103 Å². The molecule has 0 saturated heterocycles. The fraction of sp³-hybridized carbons (Fsp3) is 0.548. The van der Waals surface area contributed by atoms with Crippen LogP contribution in [0.15, 0.2) is 60.7 Å². The zero-order valence-corrected chi connectivity index (χ0v) is 21.0. The molecule has 0 bridgehead atoms. The normalized spacial score (nSPS) is 25.3. The Hall–Kier alpha value is -1.86. The Morgan fingerprint density at radius 1 is 0.844 bits per heavy atom. The van der Waals surface area contributed by atoms with Crippen molar-refractivity contribution in [2.24, 2.45) is 5.92 Å². The van der Waals surface area contributed by atoms with Crippen molar-refractivity contribution < 1.29 is 0 Å². The van der Waals surface area contributed by atoms with Gasteiger partial charge in [0.15, 0.2) is 0 Å². The van der Waals surface area contributed by atoms with Gasteiger partial charge < -0.3 is 0 Å². The second-order valence-corrected chi connectivity index (χ2v) is 11.5. The summed E-state index contributed by atoms with van der Waals surface area (Å²) in [7, 11) is 0. The van der Waals surface area contributed by atoms with Crippen LogP contribution in [0.2, 0.25) is 0 Å². The molecule has 2 aromatic carbocycles. The predicted octanol–water partition coefficient (Wildman–Crippen LogP) is 8.61. The molecular formula is C31H43N. The van der Waals surface area contributed by atoms with Gasteiger partial charge in [0.05, 0.1) is 0 Å². The Kier molecular flexibility index (Phi) is 6.96. The van der Waals surface area contributed by atoms with Crippen molar-refractivity contribution in [1.29, 1.82) is 0 Å². The highest BCUT2D eigenvalue weighted by Gasteiger charge is 2.41. The summed E-state index contributed by atoms with van der Waals surface area (Å²) in [5.41, 5.74) is 5.99. The van der Waals surface area contributed by atoms with Gasteiger partial charge in [0.2, 0.25) is 0 Å². The van der Waals surface area contributed by atoms with Crippen molar-refractivity contribution in [3.63, 3.8) is 0 Å². The third-order valence-electron chi connectivity index (χ3n) is 8.06. The molecule has 2 aliphatic rings. The van der Waals surface area contributed by atoms with Crippen LogP contribution in [0.4, 0.5) is 0 Å². The highest BCUT2D eigenvalue weighted by molar-refractivity contribution is 5.69. The molecule has 4 rings (SSSR count). The summed E-state index contributed by atoms with van der Waals surface area (Å²) >= 11 is 0. The molecule has 0 aromatic heterocycles.